The smallest absolute Gasteiger partial charge is 0.119 e. The van der Waals surface area contributed by atoms with Crippen molar-refractivity contribution in [2.45, 2.75) is 12.3 Å². The maximum atomic E-state index is 8.31. The number of hydrogen-bond donors (Lipinski definition) is 1. The lowest BCUT2D eigenvalue weighted by molar-refractivity contribution is 0.411. The first-order valence-electron chi connectivity index (χ1n) is 8.94. The maximum absolute atomic E-state index is 8.31. The van der Waals surface area contributed by atoms with Gasteiger partial charge in [0.05, 0.1) is 7.11 Å². The number of likely N-dealkylation sites (N-methyl/N-ethyl adjacent to an activating group) is 1. The lowest BCUT2D eigenvalue weighted by atomic mass is 9.98. The van der Waals surface area contributed by atoms with E-state index >= 15 is 0 Å². The number of aromatic nitrogens is 1. The summed E-state index contributed by atoms with van der Waals surface area (Å²) in [6, 6.07) is 5.29. The number of benzene rings is 1. The molecule has 1 atom stereocenters. The molecule has 0 radical (unpaired) electrons. The monoisotopic (exact) mass is 237 g/mol. The first kappa shape index (κ1) is 5.44. The topological polar surface area (TPSA) is 28.3 Å². The van der Waals surface area contributed by atoms with E-state index in [1.807, 2.05) is 0 Å². The van der Waals surface area contributed by atoms with Crippen molar-refractivity contribution in [1.82, 2.24) is 9.88 Å². The van der Waals surface area contributed by atoms with Crippen LogP contribution in [0.25, 0.3) is 10.9 Å². The molecule has 3 nitrogen and oxygen atoms in total. The highest BCUT2D eigenvalue weighted by Crippen LogP contribution is 2.33. The van der Waals surface area contributed by atoms with Crippen molar-refractivity contribution in [2.75, 3.05) is 27.1 Å². The third-order valence-electron chi connectivity index (χ3n) is 3.03. The number of aromatic amines is 1. The van der Waals surface area contributed by atoms with Gasteiger partial charge in [-0.1, -0.05) is 0 Å². The van der Waals surface area contributed by atoms with Crippen molar-refractivity contribution >= 4 is 10.9 Å². The van der Waals surface area contributed by atoms with Crippen LogP contribution in [0, 0.1) is 0 Å². The second-order valence-electron chi connectivity index (χ2n) is 4.03. The lowest BCUT2D eigenvalue weighted by Crippen LogP contribution is -2.13. The quantitative estimate of drug-likeness (QED) is 0.869. The molecule has 1 N–H and O–H groups in total. The lowest BCUT2D eigenvalue weighted by Gasteiger charge is -2.09. The number of H-pyrrole nitrogens is 1. The normalized spacial score (nSPS) is 33.9. The van der Waals surface area contributed by atoms with Gasteiger partial charge < -0.3 is 14.6 Å². The first-order valence-corrected chi connectivity index (χ1v) is 5.44. The zero-order valence-electron chi connectivity index (χ0n) is 16.4. The molecule has 3 rings (SSSR count). The van der Waals surface area contributed by atoms with Crippen LogP contribution in [0.15, 0.2) is 24.4 Å². The molecule has 0 saturated carbocycles. The standard InChI is InChI=1S/C14H18N2O/c1-16-6-5-10(9-16)13-8-15-14-4-3-11(17-2)7-12(13)14/h3-4,7-8,10,15H,5-6,9H2,1-2H3/t10-/m1/s1/i1D3,6D2,9D2. The SMILES string of the molecule is [2H]C([2H])([2H])N1C([2H])([2H])C[C@@H](c2c[nH]c3ccc(OC)cc23)C1([2H])[2H]. The third kappa shape index (κ3) is 1.80. The molecule has 0 aliphatic carbocycles. The zero-order valence-corrected chi connectivity index (χ0v) is 9.45. The molecule has 0 amide bonds. The Balaban J connectivity index is 2.13. The van der Waals surface area contributed by atoms with E-state index in [0.717, 1.165) is 5.52 Å². The minimum absolute atomic E-state index is 0.247. The van der Waals surface area contributed by atoms with E-state index in [2.05, 4.69) is 4.98 Å². The molecule has 90 valence electrons. The van der Waals surface area contributed by atoms with Crippen LogP contribution in [-0.4, -0.2) is 37.0 Å². The van der Waals surface area contributed by atoms with Crippen LogP contribution in [0.1, 0.15) is 27.5 Å². The highest BCUT2D eigenvalue weighted by atomic mass is 16.5. The predicted molar refractivity (Wildman–Crippen MR) is 69.7 cm³/mol. The van der Waals surface area contributed by atoms with E-state index in [0.29, 0.717) is 21.6 Å². The fourth-order valence-corrected chi connectivity index (χ4v) is 2.15. The van der Waals surface area contributed by atoms with Crippen LogP contribution >= 0.6 is 0 Å². The Kier molecular flexibility index (Phi) is 1.30. The number of nitrogens with zero attached hydrogens (tertiary/aromatic N) is 1. The highest BCUT2D eigenvalue weighted by molar-refractivity contribution is 5.85. The maximum Gasteiger partial charge on any atom is 0.119 e. The summed E-state index contributed by atoms with van der Waals surface area (Å²) >= 11 is 0. The molecule has 3 heteroatoms. The van der Waals surface area contributed by atoms with Crippen LogP contribution in [-0.2, 0) is 0 Å². The molecule has 1 fully saturated rings. The molecule has 2 heterocycles. The van der Waals surface area contributed by atoms with Crippen molar-refractivity contribution in [3.8, 4) is 5.75 Å². The Morgan fingerprint density at radius 2 is 2.53 bits per heavy atom. The number of nitrogens with one attached hydrogen (secondary N) is 1. The second-order valence-corrected chi connectivity index (χ2v) is 4.03. The summed E-state index contributed by atoms with van der Waals surface area (Å²) in [5, 5.41) is 0.700. The summed E-state index contributed by atoms with van der Waals surface area (Å²) in [4.78, 5) is 3.40. The van der Waals surface area contributed by atoms with Gasteiger partial charge in [-0.05, 0) is 49.6 Å². The summed E-state index contributed by atoms with van der Waals surface area (Å²) in [7, 11) is 1.53. The molecule has 1 aromatic carbocycles. The number of fused-ring (bicyclic) bond motifs is 1. The fraction of sp³-hybridized carbons (Fsp3) is 0.429. The molecular formula is C14H18N2O. The van der Waals surface area contributed by atoms with Crippen molar-refractivity contribution in [1.29, 1.82) is 0 Å². The van der Waals surface area contributed by atoms with Crippen molar-refractivity contribution < 1.29 is 14.3 Å². The van der Waals surface area contributed by atoms with Gasteiger partial charge in [0.1, 0.15) is 5.75 Å². The van der Waals surface area contributed by atoms with E-state index in [1.165, 1.54) is 7.11 Å². The van der Waals surface area contributed by atoms with Crippen LogP contribution in [0.3, 0.4) is 0 Å². The van der Waals surface area contributed by atoms with E-state index < -0.39 is 25.9 Å². The molecular weight excluding hydrogens is 212 g/mol. The Morgan fingerprint density at radius 3 is 3.29 bits per heavy atom. The van der Waals surface area contributed by atoms with Gasteiger partial charge in [-0.25, -0.2) is 0 Å². The van der Waals surface area contributed by atoms with Gasteiger partial charge in [-0.15, -0.1) is 0 Å². The summed E-state index contributed by atoms with van der Waals surface area (Å²) in [5.74, 6) is -0.327. The Bertz CT molecular complexity index is 768. The molecule has 0 bridgehead atoms. The molecule has 2 aromatic rings. The number of hydrogen-bond acceptors (Lipinski definition) is 2. The average molecular weight is 237 g/mol. The number of methoxy groups -OCH3 is 1. The van der Waals surface area contributed by atoms with Crippen LogP contribution in [0.5, 0.6) is 5.75 Å². The molecule has 1 aliphatic rings. The first-order chi connectivity index (χ1) is 11.0. The molecule has 17 heavy (non-hydrogen) atoms. The fourth-order valence-electron chi connectivity index (χ4n) is 2.15. The summed E-state index contributed by atoms with van der Waals surface area (Å²) in [5.41, 5.74) is 1.30. The highest BCUT2D eigenvalue weighted by Gasteiger charge is 2.23. The zero-order chi connectivity index (χ0) is 17.9. The van der Waals surface area contributed by atoms with Crippen LogP contribution in [0.4, 0.5) is 0 Å². The number of likely N-dealkylation sites (tertiary alicyclic amines) is 1. The average Bonchev–Trinajstić information content (AvgIpc) is 2.92. The number of rotatable bonds is 2. The molecule has 1 aliphatic heterocycles. The summed E-state index contributed by atoms with van der Waals surface area (Å²) in [6.07, 6.45) is 1.37. The van der Waals surface area contributed by atoms with Crippen molar-refractivity contribution in [3.05, 3.63) is 30.0 Å². The predicted octanol–water partition coefficient (Wildman–Crippen LogP) is 2.60. The summed E-state index contributed by atoms with van der Waals surface area (Å²) in [6.45, 7) is -7.50. The minimum Gasteiger partial charge on any atom is -0.497 e. The number of ether oxygens (including phenoxy) is 1. The summed E-state index contributed by atoms with van der Waals surface area (Å²) < 4.78 is 60.5. The van der Waals surface area contributed by atoms with Crippen molar-refractivity contribution in [2.24, 2.45) is 0 Å². The van der Waals surface area contributed by atoms with Gasteiger partial charge in [0, 0.05) is 33.2 Å². The van der Waals surface area contributed by atoms with Crippen molar-refractivity contribution in [3.63, 3.8) is 0 Å². The third-order valence-corrected chi connectivity index (χ3v) is 3.03. The largest absolute Gasteiger partial charge is 0.497 e. The Hall–Kier alpha value is -1.48. The second kappa shape index (κ2) is 4.08. The molecule has 1 saturated heterocycles. The van der Waals surface area contributed by atoms with E-state index in [-0.39, 0.29) is 6.42 Å². The van der Waals surface area contributed by atoms with Gasteiger partial charge in [-0.3, -0.25) is 0 Å². The van der Waals surface area contributed by atoms with Gasteiger partial charge in [0.2, 0.25) is 0 Å². The van der Waals surface area contributed by atoms with Crippen LogP contribution < -0.4 is 4.74 Å². The van der Waals surface area contributed by atoms with E-state index in [9.17, 15) is 0 Å². The van der Waals surface area contributed by atoms with Gasteiger partial charge in [0.15, 0.2) is 0 Å². The van der Waals surface area contributed by atoms with Gasteiger partial charge in [0.25, 0.3) is 0 Å². The minimum atomic E-state index is -2.87. The molecule has 1 aromatic heterocycles. The van der Waals surface area contributed by atoms with Gasteiger partial charge >= 0.3 is 0 Å². The van der Waals surface area contributed by atoms with E-state index in [1.54, 1.807) is 24.4 Å². The Morgan fingerprint density at radius 1 is 1.59 bits per heavy atom. The van der Waals surface area contributed by atoms with E-state index in [4.69, 9.17) is 14.3 Å². The molecule has 0 spiro atoms. The molecule has 0 unspecified atom stereocenters. The Labute approximate surface area is 111 Å². The van der Waals surface area contributed by atoms with Gasteiger partial charge in [-0.2, -0.15) is 0 Å². The van der Waals surface area contributed by atoms with Crippen LogP contribution in [0.2, 0.25) is 0 Å².